The van der Waals surface area contributed by atoms with Crippen molar-refractivity contribution in [1.29, 1.82) is 0 Å². The molecule has 5 heteroatoms. The smallest absolute Gasteiger partial charge is 0.238 e. The number of fused-ring (bicyclic) bond motifs is 1. The third-order valence-corrected chi connectivity index (χ3v) is 6.51. The zero-order valence-corrected chi connectivity index (χ0v) is 15.4. The number of carbonyl (C=O) groups excluding carboxylic acids is 1. The summed E-state index contributed by atoms with van der Waals surface area (Å²) in [6.07, 6.45) is 2.88. The Morgan fingerprint density at radius 3 is 2.52 bits per heavy atom. The van der Waals surface area contributed by atoms with Gasteiger partial charge in [-0.3, -0.25) is 4.79 Å². The predicted molar refractivity (Wildman–Crippen MR) is 98.1 cm³/mol. The van der Waals surface area contributed by atoms with Crippen molar-refractivity contribution in [2.45, 2.75) is 37.1 Å². The van der Waals surface area contributed by atoms with Gasteiger partial charge in [0.1, 0.15) is 5.75 Å². The van der Waals surface area contributed by atoms with Gasteiger partial charge >= 0.3 is 0 Å². The quantitative estimate of drug-likeness (QED) is 0.844. The number of aryl methyl sites for hydroxylation is 2. The normalized spacial score (nSPS) is 17.0. The van der Waals surface area contributed by atoms with Gasteiger partial charge in [-0.25, -0.2) is 8.42 Å². The number of sulfone groups is 1. The molecule has 0 aliphatic heterocycles. The zero-order chi connectivity index (χ0) is 18.0. The Kier molecular flexibility index (Phi) is 4.95. The molecule has 0 aromatic heterocycles. The first-order chi connectivity index (χ1) is 11.9. The van der Waals surface area contributed by atoms with E-state index in [1.165, 1.54) is 5.56 Å². The van der Waals surface area contributed by atoms with Gasteiger partial charge in [0.05, 0.1) is 10.9 Å². The Hall–Kier alpha value is -2.14. The summed E-state index contributed by atoms with van der Waals surface area (Å²) in [5, 5.41) is 0. The lowest BCUT2D eigenvalue weighted by Gasteiger charge is -2.33. The van der Waals surface area contributed by atoms with E-state index in [1.807, 2.05) is 25.1 Å². The van der Waals surface area contributed by atoms with Crippen molar-refractivity contribution in [2.75, 3.05) is 12.8 Å². The molecular weight excluding hydrogens is 334 g/mol. The van der Waals surface area contributed by atoms with Crippen LogP contribution in [0.2, 0.25) is 0 Å². The van der Waals surface area contributed by atoms with E-state index in [9.17, 15) is 13.2 Å². The lowest BCUT2D eigenvalue weighted by molar-refractivity contribution is -0.129. The highest BCUT2D eigenvalue weighted by molar-refractivity contribution is 7.92. The highest BCUT2D eigenvalue weighted by Gasteiger charge is 2.29. The monoisotopic (exact) mass is 357 g/mol. The molecule has 0 radical (unpaired) electrons. The van der Waals surface area contributed by atoms with E-state index in [2.05, 4.69) is 6.07 Å². The van der Waals surface area contributed by atoms with Crippen LogP contribution in [0, 0.1) is 6.92 Å². The molecule has 0 bridgehead atoms. The zero-order valence-electron chi connectivity index (χ0n) is 14.6. The van der Waals surface area contributed by atoms with Crippen molar-refractivity contribution in [3.63, 3.8) is 0 Å². The van der Waals surface area contributed by atoms with Gasteiger partial charge in [0, 0.05) is 7.05 Å². The van der Waals surface area contributed by atoms with E-state index in [4.69, 9.17) is 0 Å². The Morgan fingerprint density at radius 2 is 1.80 bits per heavy atom. The Balaban J connectivity index is 1.78. The minimum Gasteiger partial charge on any atom is -0.338 e. The predicted octanol–water partition coefficient (Wildman–Crippen LogP) is 3.30. The largest absolute Gasteiger partial charge is 0.338 e. The van der Waals surface area contributed by atoms with Crippen molar-refractivity contribution in [3.05, 3.63) is 65.2 Å². The van der Waals surface area contributed by atoms with Crippen LogP contribution >= 0.6 is 0 Å². The van der Waals surface area contributed by atoms with Gasteiger partial charge in [-0.1, -0.05) is 42.0 Å². The third-order valence-electron chi connectivity index (χ3n) is 4.89. The minimum absolute atomic E-state index is 0.0503. The van der Waals surface area contributed by atoms with Crippen molar-refractivity contribution in [2.24, 2.45) is 0 Å². The van der Waals surface area contributed by atoms with E-state index < -0.39 is 15.6 Å². The van der Waals surface area contributed by atoms with E-state index in [0.717, 1.165) is 30.4 Å². The van der Waals surface area contributed by atoms with Gasteiger partial charge in [0.2, 0.25) is 5.91 Å². The average molecular weight is 357 g/mol. The van der Waals surface area contributed by atoms with Crippen LogP contribution in [-0.4, -0.2) is 32.0 Å². The van der Waals surface area contributed by atoms with Crippen LogP contribution in [0.25, 0.3) is 0 Å². The highest BCUT2D eigenvalue weighted by atomic mass is 32.2. The summed E-state index contributed by atoms with van der Waals surface area (Å²) in [5.74, 6) is -0.854. The van der Waals surface area contributed by atoms with Gasteiger partial charge in [0.15, 0.2) is 9.84 Å². The molecule has 1 aliphatic carbocycles. The van der Waals surface area contributed by atoms with E-state index in [0.29, 0.717) is 0 Å². The molecule has 1 unspecified atom stereocenters. The molecule has 0 saturated carbocycles. The van der Waals surface area contributed by atoms with Gasteiger partial charge in [-0.2, -0.15) is 0 Å². The summed E-state index contributed by atoms with van der Waals surface area (Å²) in [6.45, 7) is 1.90. The number of nitrogens with zero attached hydrogens (tertiary/aromatic N) is 1. The van der Waals surface area contributed by atoms with Crippen molar-refractivity contribution < 1.29 is 13.2 Å². The van der Waals surface area contributed by atoms with Crippen LogP contribution in [0.1, 0.15) is 35.6 Å². The molecule has 1 aliphatic rings. The highest BCUT2D eigenvalue weighted by Crippen LogP contribution is 2.33. The molecule has 2 aromatic carbocycles. The summed E-state index contributed by atoms with van der Waals surface area (Å²) >= 11 is 0. The van der Waals surface area contributed by atoms with E-state index in [1.54, 1.807) is 36.2 Å². The van der Waals surface area contributed by atoms with Crippen molar-refractivity contribution >= 4 is 15.7 Å². The Labute approximate surface area is 149 Å². The maximum Gasteiger partial charge on any atom is 0.238 e. The number of rotatable bonds is 4. The second kappa shape index (κ2) is 7.00. The van der Waals surface area contributed by atoms with Gasteiger partial charge in [-0.15, -0.1) is 0 Å². The number of hydrogen-bond acceptors (Lipinski definition) is 3. The van der Waals surface area contributed by atoms with E-state index >= 15 is 0 Å². The molecule has 4 nitrogen and oxygen atoms in total. The fourth-order valence-electron chi connectivity index (χ4n) is 3.40. The van der Waals surface area contributed by atoms with Gasteiger partial charge < -0.3 is 4.90 Å². The fourth-order valence-corrected chi connectivity index (χ4v) is 4.64. The maximum atomic E-state index is 12.7. The second-order valence-electron chi connectivity index (χ2n) is 6.68. The van der Waals surface area contributed by atoms with Crippen LogP contribution in [0.15, 0.2) is 53.4 Å². The number of amides is 1. The number of hydrogen-bond donors (Lipinski definition) is 0. The lowest BCUT2D eigenvalue weighted by atomic mass is 9.87. The molecule has 0 N–H and O–H groups in total. The fraction of sp³-hybridized carbons (Fsp3) is 0.350. The molecule has 0 fully saturated rings. The maximum absolute atomic E-state index is 12.7. The van der Waals surface area contributed by atoms with Crippen LogP contribution < -0.4 is 0 Å². The number of benzene rings is 2. The van der Waals surface area contributed by atoms with Crippen LogP contribution in [-0.2, 0) is 21.1 Å². The first-order valence-electron chi connectivity index (χ1n) is 8.51. The van der Waals surface area contributed by atoms with Crippen LogP contribution in [0.3, 0.4) is 0 Å². The standard InChI is InChI=1S/C20H23NO3S/c1-15-10-12-17(13-11-15)25(23,24)14-20(22)21(2)19-9-5-7-16-6-3-4-8-18(16)19/h3-4,6,8,10-13,19H,5,7,9,14H2,1-2H3. The molecule has 2 aromatic rings. The second-order valence-corrected chi connectivity index (χ2v) is 8.67. The molecule has 0 saturated heterocycles. The summed E-state index contributed by atoms with van der Waals surface area (Å²) in [5.41, 5.74) is 3.37. The third kappa shape index (κ3) is 3.76. The Bertz CT molecular complexity index is 872. The molecule has 0 spiro atoms. The van der Waals surface area contributed by atoms with Gasteiger partial charge in [0.25, 0.3) is 0 Å². The SMILES string of the molecule is Cc1ccc(S(=O)(=O)CC(=O)N(C)C2CCCc3ccccc32)cc1. The summed E-state index contributed by atoms with van der Waals surface area (Å²) in [6, 6.07) is 14.7. The topological polar surface area (TPSA) is 54.5 Å². The first kappa shape index (κ1) is 17.7. The summed E-state index contributed by atoms with van der Waals surface area (Å²) < 4.78 is 25.1. The lowest BCUT2D eigenvalue weighted by Crippen LogP contribution is -2.37. The minimum atomic E-state index is -3.63. The molecule has 132 valence electrons. The number of carbonyl (C=O) groups is 1. The average Bonchev–Trinajstić information content (AvgIpc) is 2.60. The van der Waals surface area contributed by atoms with Crippen LogP contribution in [0.5, 0.6) is 0 Å². The molecule has 1 atom stereocenters. The molecule has 1 amide bonds. The Morgan fingerprint density at radius 1 is 1.12 bits per heavy atom. The summed E-state index contributed by atoms with van der Waals surface area (Å²) in [7, 11) is -1.92. The molecule has 3 rings (SSSR count). The molecular formula is C20H23NO3S. The van der Waals surface area contributed by atoms with Crippen LogP contribution in [0.4, 0.5) is 0 Å². The van der Waals surface area contributed by atoms with Gasteiger partial charge in [-0.05, 0) is 49.4 Å². The van der Waals surface area contributed by atoms with Crippen molar-refractivity contribution in [3.8, 4) is 0 Å². The first-order valence-corrected chi connectivity index (χ1v) is 10.2. The molecule has 0 heterocycles. The van der Waals surface area contributed by atoms with Crippen molar-refractivity contribution in [1.82, 2.24) is 4.90 Å². The summed E-state index contributed by atoms with van der Waals surface area (Å²) in [4.78, 5) is 14.5. The van der Waals surface area contributed by atoms with E-state index in [-0.39, 0.29) is 16.8 Å². The molecule has 25 heavy (non-hydrogen) atoms.